The van der Waals surface area contributed by atoms with E-state index in [4.69, 9.17) is 4.42 Å². The minimum absolute atomic E-state index is 0.0145. The van der Waals surface area contributed by atoms with Gasteiger partial charge in [0.1, 0.15) is 0 Å². The molecule has 0 saturated heterocycles. The second kappa shape index (κ2) is 7.35. The fourth-order valence-corrected chi connectivity index (χ4v) is 2.03. The van der Waals surface area contributed by atoms with E-state index < -0.39 is 4.92 Å². The van der Waals surface area contributed by atoms with Gasteiger partial charge in [0.25, 0.3) is 5.69 Å². The highest BCUT2D eigenvalue weighted by Crippen LogP contribution is 2.26. The highest BCUT2D eigenvalue weighted by atomic mass is 16.6. The van der Waals surface area contributed by atoms with Crippen molar-refractivity contribution in [3.8, 4) is 11.3 Å². The predicted molar refractivity (Wildman–Crippen MR) is 84.6 cm³/mol. The van der Waals surface area contributed by atoms with Crippen LogP contribution in [-0.4, -0.2) is 15.8 Å². The number of nitrogens with one attached hydrogen (secondary N) is 1. The largest absolute Gasteiger partial charge is 0.438 e. The number of carbonyl (C=O) groups is 1. The minimum Gasteiger partial charge on any atom is -0.438 e. The Labute approximate surface area is 133 Å². The average Bonchev–Trinajstić information content (AvgIpc) is 2.92. The molecular weight excluding hydrogens is 298 g/mol. The number of nitrogens with zero attached hydrogens (tertiary/aromatic N) is 2. The van der Waals surface area contributed by atoms with Crippen LogP contribution >= 0.6 is 0 Å². The summed E-state index contributed by atoms with van der Waals surface area (Å²) in [5.41, 5.74) is 1.37. The fraction of sp³-hybridized carbons (Fsp3) is 0.250. The van der Waals surface area contributed by atoms with Gasteiger partial charge >= 0.3 is 0 Å². The van der Waals surface area contributed by atoms with Crippen LogP contribution in [0.2, 0.25) is 0 Å². The highest BCUT2D eigenvalue weighted by molar-refractivity contribution is 5.75. The molecule has 1 heterocycles. The minimum atomic E-state index is -0.457. The van der Waals surface area contributed by atoms with Gasteiger partial charge in [-0.2, -0.15) is 0 Å². The summed E-state index contributed by atoms with van der Waals surface area (Å²) in [6.07, 6.45) is 2.67. The first kappa shape index (κ1) is 16.4. The smallest absolute Gasteiger partial charge is 0.269 e. The number of non-ortho nitro benzene ring substituents is 1. The summed E-state index contributed by atoms with van der Waals surface area (Å²) in [7, 11) is 0. The van der Waals surface area contributed by atoms with Crippen LogP contribution in [0.5, 0.6) is 0 Å². The Morgan fingerprint density at radius 1 is 1.43 bits per heavy atom. The zero-order chi connectivity index (χ0) is 16.8. The second-order valence-corrected chi connectivity index (χ2v) is 4.93. The number of aryl methyl sites for hydroxylation is 1. The zero-order valence-electron chi connectivity index (χ0n) is 12.7. The van der Waals surface area contributed by atoms with Crippen molar-refractivity contribution in [3.05, 3.63) is 58.6 Å². The fourth-order valence-electron chi connectivity index (χ4n) is 2.03. The van der Waals surface area contributed by atoms with Gasteiger partial charge in [-0.1, -0.05) is 6.08 Å². The Bertz CT molecular complexity index is 719. The molecule has 1 N–H and O–H groups in total. The van der Waals surface area contributed by atoms with Crippen molar-refractivity contribution < 1.29 is 14.1 Å². The standard InChI is InChI=1S/C16H17N3O4/c1-3-4-5-14(20)17-10-15-18-11(2)16(23-15)12-6-8-13(9-7-12)19(21)22/h3,6-9H,1,4-5,10H2,2H3,(H,17,20). The zero-order valence-corrected chi connectivity index (χ0v) is 12.7. The van der Waals surface area contributed by atoms with Gasteiger partial charge in [-0.15, -0.1) is 6.58 Å². The molecule has 0 fully saturated rings. The first-order valence-electron chi connectivity index (χ1n) is 7.10. The number of nitro benzene ring substituents is 1. The van der Waals surface area contributed by atoms with Crippen LogP contribution < -0.4 is 5.32 Å². The number of benzene rings is 1. The van der Waals surface area contributed by atoms with Crippen LogP contribution in [0.1, 0.15) is 24.4 Å². The van der Waals surface area contributed by atoms with Gasteiger partial charge in [0, 0.05) is 24.1 Å². The summed E-state index contributed by atoms with van der Waals surface area (Å²) < 4.78 is 5.64. The van der Waals surface area contributed by atoms with Crippen LogP contribution in [0.15, 0.2) is 41.3 Å². The van der Waals surface area contributed by atoms with E-state index in [0.29, 0.717) is 35.7 Å². The molecule has 7 heteroatoms. The molecule has 0 spiro atoms. The van der Waals surface area contributed by atoms with E-state index in [0.717, 1.165) is 0 Å². The maximum Gasteiger partial charge on any atom is 0.269 e. The predicted octanol–water partition coefficient (Wildman–Crippen LogP) is 3.14. The van der Waals surface area contributed by atoms with Crippen LogP contribution in [-0.2, 0) is 11.3 Å². The number of carbonyl (C=O) groups excluding carboxylic acids is 1. The van der Waals surface area contributed by atoms with Gasteiger partial charge in [0.15, 0.2) is 5.76 Å². The van der Waals surface area contributed by atoms with Crippen LogP contribution in [0, 0.1) is 17.0 Å². The molecule has 0 bridgehead atoms. The molecule has 0 aliphatic heterocycles. The Morgan fingerprint density at radius 2 is 2.13 bits per heavy atom. The molecule has 2 rings (SSSR count). The SMILES string of the molecule is C=CCCC(=O)NCc1nc(C)c(-c2ccc([N+](=O)[O-])cc2)o1. The maximum atomic E-state index is 11.5. The quantitative estimate of drug-likeness (QED) is 0.481. The van der Waals surface area contributed by atoms with Crippen molar-refractivity contribution in [2.24, 2.45) is 0 Å². The van der Waals surface area contributed by atoms with Crippen molar-refractivity contribution in [3.63, 3.8) is 0 Å². The first-order chi connectivity index (χ1) is 11.0. The number of aromatic nitrogens is 1. The van der Waals surface area contributed by atoms with E-state index in [1.807, 2.05) is 0 Å². The summed E-state index contributed by atoms with van der Waals surface area (Å²) in [4.78, 5) is 26.0. The van der Waals surface area contributed by atoms with E-state index in [-0.39, 0.29) is 18.1 Å². The molecule has 0 saturated carbocycles. The lowest BCUT2D eigenvalue weighted by Crippen LogP contribution is -2.22. The number of allylic oxidation sites excluding steroid dienone is 1. The van der Waals surface area contributed by atoms with E-state index in [9.17, 15) is 14.9 Å². The average molecular weight is 315 g/mol. The van der Waals surface area contributed by atoms with Gasteiger partial charge in [-0.05, 0) is 25.5 Å². The van der Waals surface area contributed by atoms with E-state index >= 15 is 0 Å². The molecule has 0 unspecified atom stereocenters. The Kier molecular flexibility index (Phi) is 5.24. The molecule has 7 nitrogen and oxygen atoms in total. The normalized spacial score (nSPS) is 10.3. The van der Waals surface area contributed by atoms with Gasteiger partial charge in [-0.25, -0.2) is 4.98 Å². The monoisotopic (exact) mass is 315 g/mol. The van der Waals surface area contributed by atoms with Crippen molar-refractivity contribution in [1.29, 1.82) is 0 Å². The second-order valence-electron chi connectivity index (χ2n) is 4.93. The highest BCUT2D eigenvalue weighted by Gasteiger charge is 2.14. The number of oxazole rings is 1. The Morgan fingerprint density at radius 3 is 2.74 bits per heavy atom. The molecule has 1 amide bonds. The summed E-state index contributed by atoms with van der Waals surface area (Å²) in [5, 5.41) is 13.4. The van der Waals surface area contributed by atoms with E-state index in [1.54, 1.807) is 25.1 Å². The van der Waals surface area contributed by atoms with Crippen molar-refractivity contribution in [2.45, 2.75) is 26.3 Å². The van der Waals surface area contributed by atoms with Crippen molar-refractivity contribution in [2.75, 3.05) is 0 Å². The summed E-state index contributed by atoms with van der Waals surface area (Å²) in [5.74, 6) is 0.829. The Balaban J connectivity index is 2.07. The summed E-state index contributed by atoms with van der Waals surface area (Å²) in [6.45, 7) is 5.54. The lowest BCUT2D eigenvalue weighted by atomic mass is 10.1. The van der Waals surface area contributed by atoms with Gasteiger partial charge in [0.2, 0.25) is 11.8 Å². The molecule has 0 atom stereocenters. The third kappa shape index (κ3) is 4.26. The lowest BCUT2D eigenvalue weighted by Gasteiger charge is -2.00. The first-order valence-corrected chi connectivity index (χ1v) is 7.10. The van der Waals surface area contributed by atoms with E-state index in [2.05, 4.69) is 16.9 Å². The Hall–Kier alpha value is -2.96. The molecule has 0 aliphatic carbocycles. The molecular formula is C16H17N3O4. The summed E-state index contributed by atoms with van der Waals surface area (Å²) >= 11 is 0. The number of hydrogen-bond donors (Lipinski definition) is 1. The number of hydrogen-bond acceptors (Lipinski definition) is 5. The van der Waals surface area contributed by atoms with Crippen molar-refractivity contribution >= 4 is 11.6 Å². The third-order valence-electron chi connectivity index (χ3n) is 3.19. The lowest BCUT2D eigenvalue weighted by molar-refractivity contribution is -0.384. The van der Waals surface area contributed by atoms with E-state index in [1.165, 1.54) is 12.1 Å². The number of nitro groups is 1. The van der Waals surface area contributed by atoms with Crippen LogP contribution in [0.4, 0.5) is 5.69 Å². The molecule has 0 radical (unpaired) electrons. The van der Waals surface area contributed by atoms with Gasteiger partial charge in [-0.3, -0.25) is 14.9 Å². The number of amides is 1. The van der Waals surface area contributed by atoms with Gasteiger partial charge < -0.3 is 9.73 Å². The molecule has 23 heavy (non-hydrogen) atoms. The molecule has 2 aromatic rings. The van der Waals surface area contributed by atoms with Crippen molar-refractivity contribution in [1.82, 2.24) is 10.3 Å². The molecule has 1 aromatic carbocycles. The molecule has 0 aliphatic rings. The molecule has 120 valence electrons. The molecule has 1 aromatic heterocycles. The summed E-state index contributed by atoms with van der Waals surface area (Å²) in [6, 6.07) is 6.04. The van der Waals surface area contributed by atoms with Gasteiger partial charge in [0.05, 0.1) is 17.2 Å². The maximum absolute atomic E-state index is 11.5. The third-order valence-corrected chi connectivity index (χ3v) is 3.19. The topological polar surface area (TPSA) is 98.3 Å². The number of rotatable bonds is 7. The van der Waals surface area contributed by atoms with Crippen LogP contribution in [0.3, 0.4) is 0 Å². The van der Waals surface area contributed by atoms with Crippen LogP contribution in [0.25, 0.3) is 11.3 Å².